The molecule has 2 atom stereocenters. The number of hydrogen-bond acceptors (Lipinski definition) is 3. The molecule has 4 nitrogen and oxygen atoms in total. The van der Waals surface area contributed by atoms with Crippen molar-refractivity contribution in [2.75, 3.05) is 26.2 Å². The summed E-state index contributed by atoms with van der Waals surface area (Å²) in [6.45, 7) is 10.5. The zero-order chi connectivity index (χ0) is 20.2. The molecule has 0 bridgehead atoms. The molecule has 0 spiro atoms. The van der Waals surface area contributed by atoms with E-state index in [9.17, 15) is 18.0 Å². The van der Waals surface area contributed by atoms with Gasteiger partial charge in [0.25, 0.3) is 11.8 Å². The van der Waals surface area contributed by atoms with E-state index in [0.717, 1.165) is 5.57 Å². The highest BCUT2D eigenvalue weighted by molar-refractivity contribution is 5.86. The van der Waals surface area contributed by atoms with Gasteiger partial charge in [0.15, 0.2) is 5.67 Å². The Kier molecular flexibility index (Phi) is 6.89. The van der Waals surface area contributed by atoms with Crippen molar-refractivity contribution in [3.8, 4) is 0 Å². The fraction of sp³-hybridized carbons (Fsp3) is 0.700. The first-order chi connectivity index (χ1) is 12.6. The van der Waals surface area contributed by atoms with E-state index in [4.69, 9.17) is 0 Å². The average Bonchev–Trinajstić information content (AvgIpc) is 3.01. The van der Waals surface area contributed by atoms with Gasteiger partial charge in [-0.15, -0.1) is 0 Å². The summed E-state index contributed by atoms with van der Waals surface area (Å²) < 4.78 is 42.4. The predicted octanol–water partition coefficient (Wildman–Crippen LogP) is 3.99. The highest BCUT2D eigenvalue weighted by Crippen LogP contribution is 2.38. The molecule has 0 aromatic heterocycles. The molecule has 1 amide bonds. The molecule has 2 unspecified atom stereocenters. The van der Waals surface area contributed by atoms with Gasteiger partial charge in [-0.05, 0) is 26.7 Å². The average molecular weight is 385 g/mol. The van der Waals surface area contributed by atoms with E-state index in [1.807, 2.05) is 11.8 Å². The van der Waals surface area contributed by atoms with Crippen LogP contribution in [0.3, 0.4) is 0 Å². The van der Waals surface area contributed by atoms with E-state index in [2.05, 4.69) is 11.6 Å². The summed E-state index contributed by atoms with van der Waals surface area (Å²) in [5, 5.41) is 0. The summed E-state index contributed by atoms with van der Waals surface area (Å²) in [5.74, 6) is -3.33. The zero-order valence-corrected chi connectivity index (χ0v) is 16.5. The number of aliphatic imine (C=N–C) groups is 1. The smallest absolute Gasteiger partial charge is 0.274 e. The molecule has 2 rings (SSSR count). The number of rotatable bonds is 6. The van der Waals surface area contributed by atoms with Gasteiger partial charge in [0, 0.05) is 50.8 Å². The summed E-state index contributed by atoms with van der Waals surface area (Å²) in [6.07, 6.45) is 2.96. The van der Waals surface area contributed by atoms with E-state index in [1.54, 1.807) is 11.8 Å². The van der Waals surface area contributed by atoms with Gasteiger partial charge in [0.05, 0.1) is 6.17 Å². The minimum atomic E-state index is -2.89. The number of carbonyl (C=O) groups excluding carboxylic acids is 1. The fourth-order valence-electron chi connectivity index (χ4n) is 3.58. The molecular weight excluding hydrogens is 355 g/mol. The second-order valence-corrected chi connectivity index (χ2v) is 7.43. The molecule has 1 saturated heterocycles. The van der Waals surface area contributed by atoms with Crippen molar-refractivity contribution < 1.29 is 18.0 Å². The van der Waals surface area contributed by atoms with E-state index in [-0.39, 0.29) is 31.0 Å². The first kappa shape index (κ1) is 21.7. The van der Waals surface area contributed by atoms with Crippen LogP contribution in [-0.4, -0.2) is 65.9 Å². The van der Waals surface area contributed by atoms with Gasteiger partial charge >= 0.3 is 0 Å². The van der Waals surface area contributed by atoms with Crippen molar-refractivity contribution in [3.05, 3.63) is 23.8 Å². The third kappa shape index (κ3) is 5.00. The molecule has 1 heterocycles. The molecule has 0 aromatic rings. The van der Waals surface area contributed by atoms with Gasteiger partial charge in [0.2, 0.25) is 0 Å². The van der Waals surface area contributed by atoms with Crippen LogP contribution in [0.25, 0.3) is 0 Å². The van der Waals surface area contributed by atoms with Crippen LogP contribution in [0.5, 0.6) is 0 Å². The lowest BCUT2D eigenvalue weighted by molar-refractivity contribution is -0.145. The zero-order valence-electron chi connectivity index (χ0n) is 16.5. The Bertz CT molecular complexity index is 624. The highest BCUT2D eigenvalue weighted by Gasteiger charge is 2.45. The lowest BCUT2D eigenvalue weighted by Gasteiger charge is -2.38. The molecule has 1 aliphatic carbocycles. The molecule has 27 heavy (non-hydrogen) atoms. The Morgan fingerprint density at radius 1 is 1.37 bits per heavy atom. The monoisotopic (exact) mass is 385 g/mol. The Hall–Kier alpha value is -1.63. The van der Waals surface area contributed by atoms with E-state index in [0.29, 0.717) is 32.6 Å². The lowest BCUT2D eigenvalue weighted by atomic mass is 10.0. The van der Waals surface area contributed by atoms with Gasteiger partial charge in [0.1, 0.15) is 0 Å². The number of nitrogens with zero attached hydrogens (tertiary/aromatic N) is 3. The number of carbonyl (C=O) groups is 1. The van der Waals surface area contributed by atoms with Gasteiger partial charge in [-0.2, -0.15) is 0 Å². The summed E-state index contributed by atoms with van der Waals surface area (Å²) in [4.78, 5) is 20.4. The van der Waals surface area contributed by atoms with Crippen LogP contribution < -0.4 is 0 Å². The topological polar surface area (TPSA) is 35.9 Å². The summed E-state index contributed by atoms with van der Waals surface area (Å²) in [5.41, 5.74) is -1.11. The van der Waals surface area contributed by atoms with Crippen molar-refractivity contribution in [1.82, 2.24) is 9.80 Å². The molecule has 0 aromatic carbocycles. The van der Waals surface area contributed by atoms with Crippen LogP contribution in [0.1, 0.15) is 46.5 Å². The van der Waals surface area contributed by atoms with Crippen LogP contribution in [0.2, 0.25) is 0 Å². The first-order valence-corrected chi connectivity index (χ1v) is 9.59. The maximum atomic E-state index is 14.8. The lowest BCUT2D eigenvalue weighted by Crippen LogP contribution is -2.55. The van der Waals surface area contributed by atoms with E-state index >= 15 is 0 Å². The number of amides is 1. The number of halogens is 3. The van der Waals surface area contributed by atoms with Gasteiger partial charge in [-0.3, -0.25) is 14.7 Å². The summed E-state index contributed by atoms with van der Waals surface area (Å²) in [6, 6.07) is 0. The minimum Gasteiger partial charge on any atom is -0.337 e. The maximum absolute atomic E-state index is 14.8. The minimum absolute atomic E-state index is 0.0912. The second-order valence-electron chi connectivity index (χ2n) is 7.43. The van der Waals surface area contributed by atoms with Crippen LogP contribution in [0.4, 0.5) is 13.2 Å². The normalized spacial score (nSPS) is 26.8. The molecule has 2 fully saturated rings. The van der Waals surface area contributed by atoms with Gasteiger partial charge in [-0.25, -0.2) is 13.2 Å². The summed E-state index contributed by atoms with van der Waals surface area (Å²) in [7, 11) is 0. The molecule has 2 aliphatic rings. The molecule has 1 saturated carbocycles. The molecule has 0 radical (unpaired) electrons. The molecule has 152 valence electrons. The number of hydrogen-bond donors (Lipinski definition) is 0. The Morgan fingerprint density at radius 3 is 2.48 bits per heavy atom. The van der Waals surface area contributed by atoms with Crippen molar-refractivity contribution in [2.24, 2.45) is 4.99 Å². The van der Waals surface area contributed by atoms with Crippen molar-refractivity contribution in [2.45, 2.75) is 64.2 Å². The van der Waals surface area contributed by atoms with E-state index < -0.39 is 17.5 Å². The molecule has 7 heteroatoms. The van der Waals surface area contributed by atoms with Gasteiger partial charge < -0.3 is 4.90 Å². The number of allylic oxidation sites excluding steroid dienone is 3. The summed E-state index contributed by atoms with van der Waals surface area (Å²) >= 11 is 0. The maximum Gasteiger partial charge on any atom is 0.274 e. The Morgan fingerprint density at radius 2 is 2.00 bits per heavy atom. The highest BCUT2D eigenvalue weighted by atomic mass is 19.3. The van der Waals surface area contributed by atoms with Crippen LogP contribution in [-0.2, 0) is 4.79 Å². The predicted molar refractivity (Wildman–Crippen MR) is 102 cm³/mol. The second kappa shape index (κ2) is 8.59. The third-order valence-electron chi connectivity index (χ3n) is 5.52. The van der Waals surface area contributed by atoms with Gasteiger partial charge in [-0.1, -0.05) is 25.2 Å². The van der Waals surface area contributed by atoms with Crippen molar-refractivity contribution in [1.29, 1.82) is 0 Å². The quantitative estimate of drug-likeness (QED) is 0.512. The fourth-order valence-corrected chi connectivity index (χ4v) is 3.58. The Labute approximate surface area is 159 Å². The van der Waals surface area contributed by atoms with Crippen LogP contribution >= 0.6 is 0 Å². The Balaban J connectivity index is 1.90. The largest absolute Gasteiger partial charge is 0.337 e. The molecule has 1 aliphatic heterocycles. The van der Waals surface area contributed by atoms with Crippen LogP contribution in [0, 0.1) is 0 Å². The SMILES string of the molecule is C=C1CCC(F)(C(=O)N2CCN(C(C)/N=C\C(=C/C)C(F)(F)CC)CC2)C1. The third-order valence-corrected chi connectivity index (χ3v) is 5.52. The van der Waals surface area contributed by atoms with Crippen molar-refractivity contribution >= 4 is 12.1 Å². The standard InChI is InChI=1S/C20H30F3N3O/c1-5-17(20(22,23)6-2)14-24-16(4)25-9-11-26(12-10-25)18(27)19(21)8-7-15(3)13-19/h5,14,16H,3,6-13H2,1-2,4H3/b17-5+,24-14-. The number of alkyl halides is 3. The molecular formula is C20H30F3N3O. The van der Waals surface area contributed by atoms with Crippen LogP contribution in [0.15, 0.2) is 28.8 Å². The first-order valence-electron chi connectivity index (χ1n) is 9.59. The van der Waals surface area contributed by atoms with E-state index in [1.165, 1.54) is 19.2 Å². The van der Waals surface area contributed by atoms with Crippen molar-refractivity contribution in [3.63, 3.8) is 0 Å². The molecule has 0 N–H and O–H groups in total. The number of piperazine rings is 1.